The molecule has 3 N–H and O–H groups in total. The summed E-state index contributed by atoms with van der Waals surface area (Å²) in [6, 6.07) is 5.84. The molecule has 0 aliphatic rings. The van der Waals surface area contributed by atoms with Crippen molar-refractivity contribution < 1.29 is 4.79 Å². The van der Waals surface area contributed by atoms with Crippen LogP contribution in [0, 0.1) is 6.92 Å². The maximum atomic E-state index is 11.6. The number of hydrogen-bond donors (Lipinski definition) is 2. The second kappa shape index (κ2) is 6.01. The van der Waals surface area contributed by atoms with Crippen molar-refractivity contribution in [2.45, 2.75) is 32.7 Å². The van der Waals surface area contributed by atoms with E-state index in [0.29, 0.717) is 12.8 Å². The Morgan fingerprint density at radius 3 is 2.88 bits per heavy atom. The van der Waals surface area contributed by atoms with Crippen LogP contribution in [0.1, 0.15) is 25.3 Å². The maximum absolute atomic E-state index is 11.6. The van der Waals surface area contributed by atoms with Gasteiger partial charge in [0, 0.05) is 16.9 Å². The number of aryl methyl sites for hydroxylation is 1. The van der Waals surface area contributed by atoms with E-state index in [1.54, 1.807) is 0 Å². The number of nitrogens with one attached hydrogen (secondary N) is 1. The average Bonchev–Trinajstić information content (AvgIpc) is 2.22. The molecule has 1 aromatic carbocycles. The molecule has 0 fully saturated rings. The van der Waals surface area contributed by atoms with Crippen molar-refractivity contribution in [3.8, 4) is 0 Å². The molecule has 0 aliphatic heterocycles. The summed E-state index contributed by atoms with van der Waals surface area (Å²) in [5, 5.41) is 2.87. The first-order chi connectivity index (χ1) is 7.50. The molecule has 0 heterocycles. The number of halogens is 1. The first kappa shape index (κ1) is 13.2. The highest BCUT2D eigenvalue weighted by molar-refractivity contribution is 9.10. The normalized spacial score (nSPS) is 12.2. The van der Waals surface area contributed by atoms with Gasteiger partial charge in [-0.3, -0.25) is 4.79 Å². The molecule has 1 amide bonds. The summed E-state index contributed by atoms with van der Waals surface area (Å²) in [5.74, 6) is 0.00333. The van der Waals surface area contributed by atoms with Gasteiger partial charge >= 0.3 is 0 Å². The molecular formula is C12H17BrN2O. The third kappa shape index (κ3) is 3.94. The van der Waals surface area contributed by atoms with Crippen LogP contribution >= 0.6 is 15.9 Å². The quantitative estimate of drug-likeness (QED) is 0.893. The zero-order valence-corrected chi connectivity index (χ0v) is 11.2. The van der Waals surface area contributed by atoms with Gasteiger partial charge in [0.05, 0.1) is 5.69 Å². The Hall–Kier alpha value is -0.870. The van der Waals surface area contributed by atoms with Crippen molar-refractivity contribution in [2.24, 2.45) is 5.73 Å². The predicted octanol–water partition coefficient (Wildman–Crippen LogP) is 2.82. The van der Waals surface area contributed by atoms with Crippen molar-refractivity contribution in [1.29, 1.82) is 0 Å². The molecule has 88 valence electrons. The first-order valence-electron chi connectivity index (χ1n) is 5.31. The molecule has 1 unspecified atom stereocenters. The average molecular weight is 285 g/mol. The Balaban J connectivity index is 2.59. The van der Waals surface area contributed by atoms with E-state index in [2.05, 4.69) is 21.2 Å². The van der Waals surface area contributed by atoms with Crippen LogP contribution < -0.4 is 11.1 Å². The lowest BCUT2D eigenvalue weighted by atomic mass is 10.2. The van der Waals surface area contributed by atoms with Crippen LogP contribution in [-0.4, -0.2) is 11.9 Å². The lowest BCUT2D eigenvalue weighted by Gasteiger charge is -2.09. The first-order valence-corrected chi connectivity index (χ1v) is 6.10. The fourth-order valence-corrected chi connectivity index (χ4v) is 1.68. The van der Waals surface area contributed by atoms with E-state index in [-0.39, 0.29) is 11.9 Å². The molecule has 0 radical (unpaired) electrons. The molecule has 0 aliphatic carbocycles. The van der Waals surface area contributed by atoms with Crippen molar-refractivity contribution in [3.05, 3.63) is 28.2 Å². The van der Waals surface area contributed by atoms with Crippen LogP contribution in [0.25, 0.3) is 0 Å². The number of carbonyl (C=O) groups excluding carboxylic acids is 1. The largest absolute Gasteiger partial charge is 0.328 e. The van der Waals surface area contributed by atoms with Crippen LogP contribution in [0.15, 0.2) is 22.7 Å². The molecule has 0 saturated heterocycles. The van der Waals surface area contributed by atoms with Gasteiger partial charge in [0.25, 0.3) is 0 Å². The second-order valence-corrected chi connectivity index (χ2v) is 4.79. The van der Waals surface area contributed by atoms with E-state index in [9.17, 15) is 4.79 Å². The SMILES string of the molecule is Cc1cccc(NC(=O)CCC(C)N)c1Br. The van der Waals surface area contributed by atoms with E-state index < -0.39 is 0 Å². The lowest BCUT2D eigenvalue weighted by Crippen LogP contribution is -2.19. The van der Waals surface area contributed by atoms with E-state index in [1.807, 2.05) is 32.0 Å². The van der Waals surface area contributed by atoms with Crippen LogP contribution in [-0.2, 0) is 4.79 Å². The number of carbonyl (C=O) groups is 1. The summed E-state index contributed by atoms with van der Waals surface area (Å²) in [5.41, 5.74) is 7.52. The molecule has 3 nitrogen and oxygen atoms in total. The molecule has 0 aromatic heterocycles. The van der Waals surface area contributed by atoms with Crippen molar-refractivity contribution in [3.63, 3.8) is 0 Å². The number of benzene rings is 1. The van der Waals surface area contributed by atoms with Crippen LogP contribution in [0.2, 0.25) is 0 Å². The molecule has 0 spiro atoms. The molecular weight excluding hydrogens is 268 g/mol. The summed E-state index contributed by atoms with van der Waals surface area (Å²) >= 11 is 3.45. The van der Waals surface area contributed by atoms with E-state index in [4.69, 9.17) is 5.73 Å². The van der Waals surface area contributed by atoms with Crippen molar-refractivity contribution in [1.82, 2.24) is 0 Å². The maximum Gasteiger partial charge on any atom is 0.224 e. The predicted molar refractivity (Wildman–Crippen MR) is 70.4 cm³/mol. The Morgan fingerprint density at radius 1 is 1.56 bits per heavy atom. The van der Waals surface area contributed by atoms with Crippen LogP contribution in [0.4, 0.5) is 5.69 Å². The van der Waals surface area contributed by atoms with Gasteiger partial charge in [0.2, 0.25) is 5.91 Å². The summed E-state index contributed by atoms with van der Waals surface area (Å²) < 4.78 is 0.934. The molecule has 16 heavy (non-hydrogen) atoms. The molecule has 0 saturated carbocycles. The Morgan fingerprint density at radius 2 is 2.25 bits per heavy atom. The lowest BCUT2D eigenvalue weighted by molar-refractivity contribution is -0.116. The van der Waals surface area contributed by atoms with Gasteiger partial charge in [-0.25, -0.2) is 0 Å². The monoisotopic (exact) mass is 284 g/mol. The highest BCUT2D eigenvalue weighted by atomic mass is 79.9. The van der Waals surface area contributed by atoms with Crippen molar-refractivity contribution >= 4 is 27.5 Å². The smallest absolute Gasteiger partial charge is 0.224 e. The minimum atomic E-state index is 0.00333. The Bertz CT molecular complexity index is 377. The number of nitrogens with two attached hydrogens (primary N) is 1. The highest BCUT2D eigenvalue weighted by Crippen LogP contribution is 2.25. The number of rotatable bonds is 4. The van der Waals surface area contributed by atoms with Crippen LogP contribution in [0.5, 0.6) is 0 Å². The van der Waals surface area contributed by atoms with Gasteiger partial charge in [0.1, 0.15) is 0 Å². The fourth-order valence-electron chi connectivity index (χ4n) is 1.32. The summed E-state index contributed by atoms with van der Waals surface area (Å²) in [7, 11) is 0. The third-order valence-electron chi connectivity index (χ3n) is 2.29. The zero-order valence-electron chi connectivity index (χ0n) is 9.59. The van der Waals surface area contributed by atoms with Crippen LogP contribution in [0.3, 0.4) is 0 Å². The number of amides is 1. The third-order valence-corrected chi connectivity index (χ3v) is 3.35. The van der Waals surface area contributed by atoms with Gasteiger partial charge in [-0.15, -0.1) is 0 Å². The summed E-state index contributed by atoms with van der Waals surface area (Å²) in [4.78, 5) is 11.6. The molecule has 0 bridgehead atoms. The fraction of sp³-hybridized carbons (Fsp3) is 0.417. The van der Waals surface area contributed by atoms with Gasteiger partial charge in [-0.1, -0.05) is 12.1 Å². The minimum Gasteiger partial charge on any atom is -0.328 e. The van der Waals surface area contributed by atoms with Crippen molar-refractivity contribution in [2.75, 3.05) is 5.32 Å². The van der Waals surface area contributed by atoms with Gasteiger partial charge < -0.3 is 11.1 Å². The van der Waals surface area contributed by atoms with Gasteiger partial charge in [-0.2, -0.15) is 0 Å². The number of hydrogen-bond acceptors (Lipinski definition) is 2. The summed E-state index contributed by atoms with van der Waals surface area (Å²) in [6.45, 7) is 3.89. The molecule has 1 rings (SSSR count). The Labute approximate surface area is 105 Å². The Kier molecular flexibility index (Phi) is 4.96. The standard InChI is InChI=1S/C12H17BrN2O/c1-8-4-3-5-10(12(8)13)15-11(16)7-6-9(2)14/h3-5,9H,6-7,14H2,1-2H3,(H,15,16). The molecule has 4 heteroatoms. The van der Waals surface area contributed by atoms with Gasteiger partial charge in [-0.05, 0) is 47.8 Å². The zero-order chi connectivity index (χ0) is 12.1. The number of anilines is 1. The summed E-state index contributed by atoms with van der Waals surface area (Å²) in [6.07, 6.45) is 1.16. The topological polar surface area (TPSA) is 55.1 Å². The molecule has 1 atom stereocenters. The van der Waals surface area contributed by atoms with Gasteiger partial charge in [0.15, 0.2) is 0 Å². The highest BCUT2D eigenvalue weighted by Gasteiger charge is 2.07. The van der Waals surface area contributed by atoms with E-state index in [0.717, 1.165) is 15.7 Å². The second-order valence-electron chi connectivity index (χ2n) is 4.00. The molecule has 1 aromatic rings. The van der Waals surface area contributed by atoms with E-state index >= 15 is 0 Å². The van der Waals surface area contributed by atoms with E-state index in [1.165, 1.54) is 0 Å². The minimum absolute atomic E-state index is 0.00333.